The quantitative estimate of drug-likeness (QED) is 0.891. The molecule has 0 radical (unpaired) electrons. The zero-order valence-corrected chi connectivity index (χ0v) is 14.1. The molecule has 0 saturated carbocycles. The number of aromatic nitrogens is 2. The van der Waals surface area contributed by atoms with E-state index in [0.717, 1.165) is 36.1 Å². The fourth-order valence-electron chi connectivity index (χ4n) is 2.94. The highest BCUT2D eigenvalue weighted by molar-refractivity contribution is 5.77. The zero-order chi connectivity index (χ0) is 16.4. The third-order valence-corrected chi connectivity index (χ3v) is 4.61. The highest BCUT2D eigenvalue weighted by Gasteiger charge is 2.24. The number of hydrogen-bond donors (Lipinski definition) is 1. The number of nitrogens with one attached hydrogen (secondary N) is 1. The Morgan fingerprint density at radius 3 is 2.70 bits per heavy atom. The monoisotopic (exact) mass is 319 g/mol. The van der Waals surface area contributed by atoms with Gasteiger partial charge in [0, 0.05) is 44.5 Å². The number of morpholine rings is 1. The van der Waals surface area contributed by atoms with Crippen LogP contribution < -0.4 is 10.2 Å². The number of ether oxygens (including phenoxy) is 1. The van der Waals surface area contributed by atoms with Crippen LogP contribution in [0.3, 0.4) is 0 Å². The van der Waals surface area contributed by atoms with Gasteiger partial charge >= 0.3 is 0 Å². The van der Waals surface area contributed by atoms with E-state index in [-0.39, 0.29) is 18.6 Å². The molecule has 1 N–H and O–H groups in total. The van der Waals surface area contributed by atoms with E-state index in [1.807, 2.05) is 20.9 Å². The first kappa shape index (κ1) is 16.0. The van der Waals surface area contributed by atoms with E-state index in [0.29, 0.717) is 13.1 Å². The fourth-order valence-corrected chi connectivity index (χ4v) is 2.94. The van der Waals surface area contributed by atoms with Gasteiger partial charge in [0.2, 0.25) is 11.9 Å². The van der Waals surface area contributed by atoms with E-state index in [1.165, 1.54) is 12.8 Å². The predicted molar refractivity (Wildman–Crippen MR) is 88.8 cm³/mol. The average molecular weight is 319 g/mol. The lowest BCUT2D eigenvalue weighted by atomic mass is 10.2. The van der Waals surface area contributed by atoms with Crippen LogP contribution in [0.5, 0.6) is 0 Å². The number of likely N-dealkylation sites (N-methyl/N-ethyl adjacent to an activating group) is 1. The Labute approximate surface area is 137 Å². The summed E-state index contributed by atoms with van der Waals surface area (Å²) in [4.78, 5) is 24.7. The van der Waals surface area contributed by atoms with Gasteiger partial charge in [-0.25, -0.2) is 4.98 Å². The second-order valence-corrected chi connectivity index (χ2v) is 6.36. The van der Waals surface area contributed by atoms with Crippen molar-refractivity contribution in [2.75, 3.05) is 50.1 Å². The molecule has 1 aromatic rings. The lowest BCUT2D eigenvalue weighted by Crippen LogP contribution is -2.46. The van der Waals surface area contributed by atoms with Crippen molar-refractivity contribution in [1.82, 2.24) is 14.9 Å². The van der Waals surface area contributed by atoms with Gasteiger partial charge in [0.05, 0.1) is 6.10 Å². The molecule has 1 unspecified atom stereocenters. The normalized spacial score (nSPS) is 21.9. The van der Waals surface area contributed by atoms with Crippen molar-refractivity contribution in [2.45, 2.75) is 32.8 Å². The first-order valence-corrected chi connectivity index (χ1v) is 8.24. The van der Waals surface area contributed by atoms with Crippen LogP contribution in [0.15, 0.2) is 0 Å². The number of carbonyl (C=O) groups is 1. The molecular formula is C16H25N5O2. The number of amides is 1. The summed E-state index contributed by atoms with van der Waals surface area (Å²) < 4.78 is 5.57. The van der Waals surface area contributed by atoms with E-state index in [4.69, 9.17) is 9.72 Å². The minimum absolute atomic E-state index is 0.0115. The molecule has 126 valence electrons. The fraction of sp³-hybridized carbons (Fsp3) is 0.688. The Kier molecular flexibility index (Phi) is 4.66. The molecule has 1 atom stereocenters. The number of aryl methyl sites for hydroxylation is 1. The highest BCUT2D eigenvalue weighted by Crippen LogP contribution is 2.22. The van der Waals surface area contributed by atoms with E-state index in [9.17, 15) is 4.79 Å². The van der Waals surface area contributed by atoms with Gasteiger partial charge < -0.3 is 19.9 Å². The molecule has 1 aromatic heterocycles. The maximum atomic E-state index is 11.5. The number of nitrogens with zero attached hydrogens (tertiary/aromatic N) is 4. The first-order chi connectivity index (χ1) is 11.0. The number of rotatable bonds is 4. The molecule has 0 aromatic carbocycles. The van der Waals surface area contributed by atoms with Crippen molar-refractivity contribution in [3.05, 3.63) is 11.3 Å². The lowest BCUT2D eigenvalue weighted by Gasteiger charge is -2.30. The number of carbonyl (C=O) groups excluding carboxylic acids is 1. The van der Waals surface area contributed by atoms with Gasteiger partial charge in [-0.05, 0) is 26.7 Å². The molecule has 2 fully saturated rings. The van der Waals surface area contributed by atoms with Gasteiger partial charge in [-0.2, -0.15) is 4.98 Å². The van der Waals surface area contributed by atoms with Crippen molar-refractivity contribution in [3.8, 4) is 0 Å². The Balaban J connectivity index is 1.68. The van der Waals surface area contributed by atoms with E-state index in [2.05, 4.69) is 15.2 Å². The van der Waals surface area contributed by atoms with Crippen molar-refractivity contribution in [3.63, 3.8) is 0 Å². The number of hydrogen-bond acceptors (Lipinski definition) is 6. The first-order valence-electron chi connectivity index (χ1n) is 8.24. The van der Waals surface area contributed by atoms with Crippen molar-refractivity contribution in [1.29, 1.82) is 0 Å². The number of anilines is 2. The summed E-state index contributed by atoms with van der Waals surface area (Å²) in [5.41, 5.74) is 2.06. The summed E-state index contributed by atoms with van der Waals surface area (Å²) >= 11 is 0. The van der Waals surface area contributed by atoms with Gasteiger partial charge in [0.25, 0.3) is 0 Å². The molecule has 0 bridgehead atoms. The average Bonchev–Trinajstić information content (AvgIpc) is 3.06. The minimum atomic E-state index is -0.0115. The van der Waals surface area contributed by atoms with Crippen LogP contribution in [-0.2, 0) is 9.53 Å². The third-order valence-electron chi connectivity index (χ3n) is 4.61. The smallest absolute Gasteiger partial charge is 0.248 e. The molecule has 0 aliphatic carbocycles. The summed E-state index contributed by atoms with van der Waals surface area (Å²) in [5, 5.41) is 3.38. The maximum Gasteiger partial charge on any atom is 0.248 e. The van der Waals surface area contributed by atoms with Crippen LogP contribution in [0.25, 0.3) is 0 Å². The van der Waals surface area contributed by atoms with Crippen LogP contribution in [0, 0.1) is 13.8 Å². The molecule has 7 nitrogen and oxygen atoms in total. The molecule has 3 rings (SSSR count). The SMILES string of the molecule is Cc1nc(N2CCCC2)nc(NCC2CN(C)C(=O)CO2)c1C. The molecule has 3 heterocycles. The summed E-state index contributed by atoms with van der Waals surface area (Å²) in [6.07, 6.45) is 2.40. The molecule has 0 spiro atoms. The Bertz CT molecular complexity index is 586. The van der Waals surface area contributed by atoms with E-state index in [1.54, 1.807) is 4.90 Å². The second kappa shape index (κ2) is 6.70. The standard InChI is InChI=1S/C16H25N5O2/c1-11-12(2)18-16(21-6-4-5-7-21)19-15(11)17-8-13-9-20(3)14(22)10-23-13/h13H,4-10H2,1-3H3,(H,17,18,19). The predicted octanol–water partition coefficient (Wildman–Crippen LogP) is 0.963. The van der Waals surface area contributed by atoms with Gasteiger partial charge in [-0.15, -0.1) is 0 Å². The van der Waals surface area contributed by atoms with Gasteiger partial charge in [0.1, 0.15) is 12.4 Å². The van der Waals surface area contributed by atoms with Gasteiger partial charge in [-0.1, -0.05) is 0 Å². The van der Waals surface area contributed by atoms with Gasteiger partial charge in [0.15, 0.2) is 0 Å². The molecule has 23 heavy (non-hydrogen) atoms. The topological polar surface area (TPSA) is 70.6 Å². The van der Waals surface area contributed by atoms with Crippen LogP contribution in [0.1, 0.15) is 24.1 Å². The Morgan fingerprint density at radius 2 is 2.00 bits per heavy atom. The molecule has 2 aliphatic heterocycles. The van der Waals surface area contributed by atoms with Crippen molar-refractivity contribution >= 4 is 17.7 Å². The van der Waals surface area contributed by atoms with Crippen LogP contribution in [0.4, 0.5) is 11.8 Å². The molecule has 7 heteroatoms. The van der Waals surface area contributed by atoms with E-state index >= 15 is 0 Å². The van der Waals surface area contributed by atoms with Crippen molar-refractivity contribution < 1.29 is 9.53 Å². The third kappa shape index (κ3) is 3.55. The summed E-state index contributed by atoms with van der Waals surface area (Å²) in [6.45, 7) is 7.50. The van der Waals surface area contributed by atoms with Crippen LogP contribution in [0.2, 0.25) is 0 Å². The molecule has 1 amide bonds. The van der Waals surface area contributed by atoms with E-state index < -0.39 is 0 Å². The Morgan fingerprint density at radius 1 is 1.26 bits per heavy atom. The van der Waals surface area contributed by atoms with Gasteiger partial charge in [-0.3, -0.25) is 4.79 Å². The highest BCUT2D eigenvalue weighted by atomic mass is 16.5. The van der Waals surface area contributed by atoms with Crippen molar-refractivity contribution in [2.24, 2.45) is 0 Å². The second-order valence-electron chi connectivity index (χ2n) is 6.36. The summed E-state index contributed by atoms with van der Waals surface area (Å²) in [7, 11) is 1.81. The summed E-state index contributed by atoms with van der Waals surface area (Å²) in [6, 6.07) is 0. The lowest BCUT2D eigenvalue weighted by molar-refractivity contribution is -0.145. The molecular weight excluding hydrogens is 294 g/mol. The summed E-state index contributed by atoms with van der Waals surface area (Å²) in [5.74, 6) is 1.71. The van der Waals surface area contributed by atoms with Crippen LogP contribution >= 0.6 is 0 Å². The Hall–Kier alpha value is -1.89. The minimum Gasteiger partial charge on any atom is -0.367 e. The zero-order valence-electron chi connectivity index (χ0n) is 14.1. The largest absolute Gasteiger partial charge is 0.367 e. The maximum absolute atomic E-state index is 11.5. The molecule has 2 saturated heterocycles. The van der Waals surface area contributed by atoms with Crippen LogP contribution in [-0.4, -0.2) is 66.7 Å². The molecule has 2 aliphatic rings.